The van der Waals surface area contributed by atoms with Crippen LogP contribution in [0.25, 0.3) is 0 Å². The van der Waals surface area contributed by atoms with E-state index in [2.05, 4.69) is 26.6 Å². The Labute approximate surface area is 132 Å². The van der Waals surface area contributed by atoms with E-state index in [4.69, 9.17) is 10.5 Å². The standard InChI is InChI=1S/C14H20BrN3O3/c1-8(2)13(16)14(20)17-7-12(19)18-9-4-5-11(21-3)10(15)6-9/h4-6,8,13H,7,16H2,1-3H3,(H,17,20)(H,18,19)/t13-/m0/s1. The quantitative estimate of drug-likeness (QED) is 0.718. The Kier molecular flexibility index (Phi) is 6.64. The molecule has 0 spiro atoms. The van der Waals surface area contributed by atoms with Crippen molar-refractivity contribution < 1.29 is 14.3 Å². The second-order valence-corrected chi connectivity index (χ2v) is 5.74. The Bertz CT molecular complexity index is 520. The third-order valence-electron chi connectivity index (χ3n) is 2.88. The van der Waals surface area contributed by atoms with E-state index in [0.717, 1.165) is 4.47 Å². The van der Waals surface area contributed by atoms with Crippen molar-refractivity contribution in [1.29, 1.82) is 0 Å². The van der Waals surface area contributed by atoms with E-state index in [1.54, 1.807) is 25.3 Å². The SMILES string of the molecule is COc1ccc(NC(=O)CNC(=O)[C@@H](N)C(C)C)cc1Br. The van der Waals surface area contributed by atoms with Crippen LogP contribution in [0.2, 0.25) is 0 Å². The number of hydrogen-bond donors (Lipinski definition) is 3. The number of halogens is 1. The Morgan fingerprint density at radius 3 is 2.57 bits per heavy atom. The summed E-state index contributed by atoms with van der Waals surface area (Å²) < 4.78 is 5.83. The number of nitrogens with two attached hydrogens (primary N) is 1. The van der Waals surface area contributed by atoms with Gasteiger partial charge < -0.3 is 21.1 Å². The summed E-state index contributed by atoms with van der Waals surface area (Å²) in [5.74, 6) is 0.0299. The molecule has 7 heteroatoms. The summed E-state index contributed by atoms with van der Waals surface area (Å²) >= 11 is 3.33. The molecule has 1 rings (SSSR count). The predicted octanol–water partition coefficient (Wildman–Crippen LogP) is 1.50. The van der Waals surface area contributed by atoms with E-state index in [-0.39, 0.29) is 24.3 Å². The number of benzene rings is 1. The molecule has 0 saturated heterocycles. The molecule has 1 aromatic carbocycles. The number of amides is 2. The summed E-state index contributed by atoms with van der Waals surface area (Å²) in [6, 6.07) is 4.54. The molecule has 0 aliphatic rings. The minimum Gasteiger partial charge on any atom is -0.496 e. The van der Waals surface area contributed by atoms with Gasteiger partial charge in [0.25, 0.3) is 0 Å². The number of methoxy groups -OCH3 is 1. The monoisotopic (exact) mass is 357 g/mol. The van der Waals surface area contributed by atoms with Crippen LogP contribution in [0.4, 0.5) is 5.69 Å². The van der Waals surface area contributed by atoms with Crippen LogP contribution < -0.4 is 21.1 Å². The van der Waals surface area contributed by atoms with E-state index in [0.29, 0.717) is 11.4 Å². The van der Waals surface area contributed by atoms with E-state index >= 15 is 0 Å². The van der Waals surface area contributed by atoms with Crippen LogP contribution >= 0.6 is 15.9 Å². The first-order valence-corrected chi connectivity index (χ1v) is 7.31. The highest BCUT2D eigenvalue weighted by Gasteiger charge is 2.17. The molecular formula is C14H20BrN3O3. The molecule has 6 nitrogen and oxygen atoms in total. The first-order chi connectivity index (χ1) is 9.85. The maximum Gasteiger partial charge on any atom is 0.243 e. The summed E-state index contributed by atoms with van der Waals surface area (Å²) in [7, 11) is 1.56. The number of rotatable bonds is 6. The van der Waals surface area contributed by atoms with Crippen LogP contribution in [-0.2, 0) is 9.59 Å². The van der Waals surface area contributed by atoms with E-state index in [9.17, 15) is 9.59 Å². The molecule has 0 bridgehead atoms. The van der Waals surface area contributed by atoms with Gasteiger partial charge in [0.15, 0.2) is 0 Å². The molecule has 4 N–H and O–H groups in total. The van der Waals surface area contributed by atoms with Crippen LogP contribution in [0.1, 0.15) is 13.8 Å². The number of carbonyl (C=O) groups is 2. The molecule has 0 aliphatic carbocycles. The van der Waals surface area contributed by atoms with Crippen molar-refractivity contribution in [2.24, 2.45) is 11.7 Å². The third kappa shape index (κ3) is 5.35. The summed E-state index contributed by atoms with van der Waals surface area (Å²) in [6.45, 7) is 3.57. The van der Waals surface area contributed by atoms with Gasteiger partial charge in [-0.1, -0.05) is 13.8 Å². The first kappa shape index (κ1) is 17.5. The Hall–Kier alpha value is -1.60. The second-order valence-electron chi connectivity index (χ2n) is 4.89. The maximum absolute atomic E-state index is 11.8. The zero-order valence-corrected chi connectivity index (χ0v) is 13.9. The fraction of sp³-hybridized carbons (Fsp3) is 0.429. The molecular weight excluding hydrogens is 338 g/mol. The summed E-state index contributed by atoms with van der Waals surface area (Å²) in [4.78, 5) is 23.4. The van der Waals surface area contributed by atoms with Gasteiger partial charge in [0.2, 0.25) is 11.8 Å². The topological polar surface area (TPSA) is 93.5 Å². The third-order valence-corrected chi connectivity index (χ3v) is 3.50. The lowest BCUT2D eigenvalue weighted by atomic mass is 10.1. The Morgan fingerprint density at radius 2 is 2.05 bits per heavy atom. The molecule has 21 heavy (non-hydrogen) atoms. The minimum absolute atomic E-state index is 0.0191. The highest BCUT2D eigenvalue weighted by Crippen LogP contribution is 2.27. The molecule has 0 aliphatic heterocycles. The molecule has 0 saturated carbocycles. The van der Waals surface area contributed by atoms with Crippen LogP contribution in [-0.4, -0.2) is 31.5 Å². The van der Waals surface area contributed by atoms with Gasteiger partial charge >= 0.3 is 0 Å². The molecule has 0 aromatic heterocycles. The smallest absolute Gasteiger partial charge is 0.243 e. The first-order valence-electron chi connectivity index (χ1n) is 6.51. The largest absolute Gasteiger partial charge is 0.496 e. The average molecular weight is 358 g/mol. The number of hydrogen-bond acceptors (Lipinski definition) is 4. The molecule has 1 aromatic rings. The second kappa shape index (κ2) is 7.99. The van der Waals surface area contributed by atoms with Crippen molar-refractivity contribution >= 4 is 33.4 Å². The Balaban J connectivity index is 2.51. The molecule has 0 fully saturated rings. The lowest BCUT2D eigenvalue weighted by Gasteiger charge is -2.15. The number of ether oxygens (including phenoxy) is 1. The zero-order valence-electron chi connectivity index (χ0n) is 12.3. The molecule has 2 amide bonds. The lowest BCUT2D eigenvalue weighted by molar-refractivity contribution is -0.125. The van der Waals surface area contributed by atoms with Gasteiger partial charge in [-0.3, -0.25) is 9.59 Å². The number of nitrogens with one attached hydrogen (secondary N) is 2. The van der Waals surface area contributed by atoms with Crippen LogP contribution in [0.3, 0.4) is 0 Å². The van der Waals surface area contributed by atoms with Crippen LogP contribution in [0.15, 0.2) is 22.7 Å². The molecule has 0 heterocycles. The highest BCUT2D eigenvalue weighted by molar-refractivity contribution is 9.10. The zero-order chi connectivity index (χ0) is 16.0. The Morgan fingerprint density at radius 1 is 1.38 bits per heavy atom. The molecule has 0 unspecified atom stereocenters. The van der Waals surface area contributed by atoms with Crippen molar-refractivity contribution in [3.05, 3.63) is 22.7 Å². The summed E-state index contributed by atoms with van der Waals surface area (Å²) in [6.07, 6.45) is 0. The van der Waals surface area contributed by atoms with E-state index in [1.807, 2.05) is 13.8 Å². The molecule has 0 radical (unpaired) electrons. The normalized spacial score (nSPS) is 11.9. The number of carbonyl (C=O) groups excluding carboxylic acids is 2. The van der Waals surface area contributed by atoms with Gasteiger partial charge in [-0.15, -0.1) is 0 Å². The molecule has 1 atom stereocenters. The van der Waals surface area contributed by atoms with Crippen molar-refractivity contribution in [3.63, 3.8) is 0 Å². The van der Waals surface area contributed by atoms with E-state index < -0.39 is 6.04 Å². The fourth-order valence-electron chi connectivity index (χ4n) is 1.54. The predicted molar refractivity (Wildman–Crippen MR) is 85.1 cm³/mol. The van der Waals surface area contributed by atoms with Crippen molar-refractivity contribution in [2.75, 3.05) is 19.0 Å². The minimum atomic E-state index is -0.618. The van der Waals surface area contributed by atoms with Crippen LogP contribution in [0, 0.1) is 5.92 Å². The van der Waals surface area contributed by atoms with E-state index in [1.165, 1.54) is 0 Å². The molecule has 116 valence electrons. The van der Waals surface area contributed by atoms with Gasteiger partial charge in [-0.2, -0.15) is 0 Å². The van der Waals surface area contributed by atoms with Crippen molar-refractivity contribution in [2.45, 2.75) is 19.9 Å². The average Bonchev–Trinajstić information content (AvgIpc) is 2.44. The van der Waals surface area contributed by atoms with Crippen molar-refractivity contribution in [3.8, 4) is 5.75 Å². The fourth-order valence-corrected chi connectivity index (χ4v) is 2.08. The van der Waals surface area contributed by atoms with Gasteiger partial charge in [0.1, 0.15) is 5.75 Å². The van der Waals surface area contributed by atoms with Gasteiger partial charge in [-0.25, -0.2) is 0 Å². The summed E-state index contributed by atoms with van der Waals surface area (Å²) in [5.41, 5.74) is 6.29. The van der Waals surface area contributed by atoms with Crippen LogP contribution in [0.5, 0.6) is 5.75 Å². The highest BCUT2D eigenvalue weighted by atomic mass is 79.9. The lowest BCUT2D eigenvalue weighted by Crippen LogP contribution is -2.46. The van der Waals surface area contributed by atoms with Gasteiger partial charge in [0, 0.05) is 5.69 Å². The van der Waals surface area contributed by atoms with Gasteiger partial charge in [0.05, 0.1) is 24.2 Å². The maximum atomic E-state index is 11.8. The summed E-state index contributed by atoms with van der Waals surface area (Å²) in [5, 5.41) is 5.19. The van der Waals surface area contributed by atoms with Gasteiger partial charge in [-0.05, 0) is 40.0 Å². The number of anilines is 1. The van der Waals surface area contributed by atoms with Crippen molar-refractivity contribution in [1.82, 2.24) is 5.32 Å².